The van der Waals surface area contributed by atoms with Crippen molar-refractivity contribution in [3.8, 4) is 0 Å². The van der Waals surface area contributed by atoms with Gasteiger partial charge in [0.15, 0.2) is 11.5 Å². The van der Waals surface area contributed by atoms with E-state index in [9.17, 15) is 13.2 Å². The minimum atomic E-state index is -3.84. The van der Waals surface area contributed by atoms with Gasteiger partial charge in [-0.3, -0.25) is 9.10 Å². The molecule has 8 heteroatoms. The maximum absolute atomic E-state index is 12.8. The van der Waals surface area contributed by atoms with Crippen molar-refractivity contribution in [3.63, 3.8) is 0 Å². The number of ether oxygens (including phenoxy) is 1. The third kappa shape index (κ3) is 2.96. The topological polar surface area (TPSA) is 88.6 Å². The lowest BCUT2D eigenvalue weighted by atomic mass is 10.1. The van der Waals surface area contributed by atoms with Crippen LogP contribution in [0.4, 0.5) is 5.82 Å². The number of anilines is 1. The van der Waals surface area contributed by atoms with E-state index in [0.29, 0.717) is 11.4 Å². The van der Waals surface area contributed by atoms with Gasteiger partial charge in [0.2, 0.25) is 0 Å². The molecule has 0 bridgehead atoms. The average Bonchev–Trinajstić information content (AvgIpc) is 2.61. The summed E-state index contributed by atoms with van der Waals surface area (Å²) in [6.45, 7) is 2.06. The summed E-state index contributed by atoms with van der Waals surface area (Å²) in [4.78, 5) is 16.9. The molecule has 0 aliphatic carbocycles. The van der Waals surface area contributed by atoms with Crippen LogP contribution in [0.25, 0.3) is 5.76 Å². The number of benzene rings is 1. The molecule has 1 aliphatic rings. The maximum Gasteiger partial charge on any atom is 0.277 e. The minimum Gasteiger partial charge on any atom is -0.491 e. The van der Waals surface area contributed by atoms with Gasteiger partial charge >= 0.3 is 0 Å². The number of amides is 1. The zero-order chi connectivity index (χ0) is 18.0. The number of likely N-dealkylation sites (N-methyl/N-ethyl adjacent to an activating group) is 1. The Kier molecular flexibility index (Phi) is 4.45. The number of rotatable bonds is 4. The molecule has 1 aromatic carbocycles. The Morgan fingerprint density at radius 3 is 2.60 bits per heavy atom. The molecular formula is C17H17N3O4S. The number of sulfonamides is 1. The van der Waals surface area contributed by atoms with Gasteiger partial charge in [-0.2, -0.15) is 0 Å². The van der Waals surface area contributed by atoms with Crippen molar-refractivity contribution >= 4 is 27.5 Å². The zero-order valence-corrected chi connectivity index (χ0v) is 14.6. The Bertz CT molecular complexity index is 939. The van der Waals surface area contributed by atoms with E-state index in [2.05, 4.69) is 10.3 Å². The summed E-state index contributed by atoms with van der Waals surface area (Å²) >= 11 is 0. The summed E-state index contributed by atoms with van der Waals surface area (Å²) in [7, 11) is -2.51. The predicted octanol–water partition coefficient (Wildman–Crippen LogP) is 2.06. The average molecular weight is 359 g/mol. The van der Waals surface area contributed by atoms with Gasteiger partial charge in [-0.1, -0.05) is 18.2 Å². The summed E-state index contributed by atoms with van der Waals surface area (Å²) in [6, 6.07) is 11.5. The first kappa shape index (κ1) is 17.0. The SMILES string of the molecule is CCOC1=C(C(=O)Nc2ccccn2)N(C)S(=O)(=O)c2ccccc21. The van der Waals surface area contributed by atoms with E-state index in [4.69, 9.17) is 4.74 Å². The molecule has 0 unspecified atom stereocenters. The number of nitrogens with zero attached hydrogens (tertiary/aromatic N) is 2. The molecule has 0 saturated carbocycles. The van der Waals surface area contributed by atoms with Crippen LogP contribution in [0.3, 0.4) is 0 Å². The Morgan fingerprint density at radius 2 is 1.92 bits per heavy atom. The molecule has 7 nitrogen and oxygen atoms in total. The van der Waals surface area contributed by atoms with E-state index in [0.717, 1.165) is 4.31 Å². The van der Waals surface area contributed by atoms with Gasteiger partial charge in [-0.05, 0) is 31.2 Å². The highest BCUT2D eigenvalue weighted by atomic mass is 32.2. The van der Waals surface area contributed by atoms with Crippen LogP contribution >= 0.6 is 0 Å². The van der Waals surface area contributed by atoms with Crippen LogP contribution < -0.4 is 5.32 Å². The first-order chi connectivity index (χ1) is 12.0. The highest BCUT2D eigenvalue weighted by molar-refractivity contribution is 7.89. The molecule has 0 saturated heterocycles. The molecule has 1 amide bonds. The number of hydrogen-bond acceptors (Lipinski definition) is 5. The third-order valence-corrected chi connectivity index (χ3v) is 5.53. The van der Waals surface area contributed by atoms with E-state index in [1.165, 1.54) is 19.3 Å². The summed E-state index contributed by atoms with van der Waals surface area (Å²) in [5, 5.41) is 2.60. The van der Waals surface area contributed by atoms with Crippen molar-refractivity contribution in [1.82, 2.24) is 9.29 Å². The van der Waals surface area contributed by atoms with Crippen LogP contribution in [0.2, 0.25) is 0 Å². The van der Waals surface area contributed by atoms with E-state index < -0.39 is 15.9 Å². The van der Waals surface area contributed by atoms with Crippen LogP contribution in [0.5, 0.6) is 0 Å². The van der Waals surface area contributed by atoms with Gasteiger partial charge in [0.25, 0.3) is 15.9 Å². The number of pyridine rings is 1. The third-order valence-electron chi connectivity index (χ3n) is 3.71. The minimum absolute atomic E-state index is 0.0776. The van der Waals surface area contributed by atoms with Gasteiger partial charge in [-0.15, -0.1) is 0 Å². The number of nitrogens with one attached hydrogen (secondary N) is 1. The van der Waals surface area contributed by atoms with Crippen molar-refractivity contribution < 1.29 is 17.9 Å². The molecule has 0 radical (unpaired) electrons. The standard InChI is InChI=1S/C17H17N3O4S/c1-3-24-16-12-8-4-5-9-13(12)25(22,23)20(2)15(16)17(21)19-14-10-6-7-11-18-14/h4-11H,3H2,1-2H3,(H,18,19,21). The monoisotopic (exact) mass is 359 g/mol. The number of fused-ring (bicyclic) bond motifs is 1. The molecule has 0 fully saturated rings. The first-order valence-electron chi connectivity index (χ1n) is 7.64. The van der Waals surface area contributed by atoms with Gasteiger partial charge in [0.1, 0.15) is 5.82 Å². The van der Waals surface area contributed by atoms with Crippen LogP contribution in [0, 0.1) is 0 Å². The van der Waals surface area contributed by atoms with Crippen LogP contribution in [-0.4, -0.2) is 37.3 Å². The maximum atomic E-state index is 12.8. The Hall–Kier alpha value is -2.87. The molecule has 0 spiro atoms. The first-order valence-corrected chi connectivity index (χ1v) is 9.08. The lowest BCUT2D eigenvalue weighted by Gasteiger charge is -2.30. The smallest absolute Gasteiger partial charge is 0.277 e. The molecule has 1 aliphatic heterocycles. The van der Waals surface area contributed by atoms with E-state index in [1.807, 2.05) is 0 Å². The van der Waals surface area contributed by atoms with Crippen molar-refractivity contribution in [2.75, 3.05) is 19.0 Å². The van der Waals surface area contributed by atoms with Gasteiger partial charge in [0, 0.05) is 18.8 Å². The molecule has 0 atom stereocenters. The summed E-state index contributed by atoms with van der Waals surface area (Å²) in [5.41, 5.74) is 0.292. The fraction of sp³-hybridized carbons (Fsp3) is 0.176. The highest BCUT2D eigenvalue weighted by Crippen LogP contribution is 2.36. The molecule has 2 heterocycles. The van der Waals surface area contributed by atoms with Crippen LogP contribution in [0.15, 0.2) is 59.3 Å². The highest BCUT2D eigenvalue weighted by Gasteiger charge is 2.38. The summed E-state index contributed by atoms with van der Waals surface area (Å²) in [5.74, 6) is -0.0629. The van der Waals surface area contributed by atoms with Gasteiger partial charge in [-0.25, -0.2) is 13.4 Å². The molecule has 130 valence electrons. The quantitative estimate of drug-likeness (QED) is 0.903. The lowest BCUT2D eigenvalue weighted by Crippen LogP contribution is -2.37. The number of hydrogen-bond donors (Lipinski definition) is 1. The molecule has 3 rings (SSSR count). The van der Waals surface area contributed by atoms with Crippen molar-refractivity contribution in [1.29, 1.82) is 0 Å². The summed E-state index contributed by atoms with van der Waals surface area (Å²) in [6.07, 6.45) is 1.53. The fourth-order valence-electron chi connectivity index (χ4n) is 2.57. The normalized spacial score (nSPS) is 15.5. The lowest BCUT2D eigenvalue weighted by molar-refractivity contribution is -0.113. The van der Waals surface area contributed by atoms with E-state index in [-0.39, 0.29) is 23.0 Å². The fourth-order valence-corrected chi connectivity index (χ4v) is 3.96. The zero-order valence-electron chi connectivity index (χ0n) is 13.8. The Balaban J connectivity index is 2.15. The predicted molar refractivity (Wildman–Crippen MR) is 92.8 cm³/mol. The Labute approximate surface area is 146 Å². The molecule has 2 aromatic rings. The van der Waals surface area contributed by atoms with Crippen molar-refractivity contribution in [3.05, 3.63) is 59.9 Å². The molecular weight excluding hydrogens is 342 g/mol. The second-order valence-electron chi connectivity index (χ2n) is 5.25. The van der Waals surface area contributed by atoms with Gasteiger partial charge in [0.05, 0.1) is 11.5 Å². The number of aromatic nitrogens is 1. The van der Waals surface area contributed by atoms with Crippen LogP contribution in [-0.2, 0) is 19.6 Å². The van der Waals surface area contributed by atoms with E-state index in [1.54, 1.807) is 43.3 Å². The number of carbonyl (C=O) groups is 1. The van der Waals surface area contributed by atoms with Crippen molar-refractivity contribution in [2.24, 2.45) is 0 Å². The van der Waals surface area contributed by atoms with Crippen molar-refractivity contribution in [2.45, 2.75) is 11.8 Å². The van der Waals surface area contributed by atoms with E-state index >= 15 is 0 Å². The molecule has 1 N–H and O–H groups in total. The number of carbonyl (C=O) groups excluding carboxylic acids is 1. The Morgan fingerprint density at radius 1 is 1.20 bits per heavy atom. The van der Waals surface area contributed by atoms with Crippen LogP contribution in [0.1, 0.15) is 12.5 Å². The second kappa shape index (κ2) is 6.56. The largest absolute Gasteiger partial charge is 0.491 e. The van der Waals surface area contributed by atoms with Gasteiger partial charge < -0.3 is 10.1 Å². The molecule has 25 heavy (non-hydrogen) atoms. The molecule has 1 aromatic heterocycles. The second-order valence-corrected chi connectivity index (χ2v) is 7.19. The summed E-state index contributed by atoms with van der Waals surface area (Å²) < 4.78 is 32.1.